The minimum Gasteiger partial charge on any atom is -0.208 e. The molecule has 1 atom stereocenters. The van der Waals surface area contributed by atoms with Crippen molar-refractivity contribution in [2.24, 2.45) is 0 Å². The van der Waals surface area contributed by atoms with E-state index in [2.05, 4.69) is 27.6 Å². The third-order valence-corrected chi connectivity index (χ3v) is 6.71. The maximum Gasteiger partial charge on any atom is 0.250 e. The van der Waals surface area contributed by atoms with Gasteiger partial charge < -0.3 is 0 Å². The Labute approximate surface area is 120 Å². The average Bonchev–Trinajstić information content (AvgIpc) is 2.65. The van der Waals surface area contributed by atoms with Crippen LogP contribution in [-0.2, 0) is 10.0 Å². The number of nitrogens with one attached hydrogen (secondary N) is 1. The third-order valence-electron chi connectivity index (χ3n) is 2.07. The van der Waals surface area contributed by atoms with Gasteiger partial charge in [0.25, 0.3) is 0 Å². The first kappa shape index (κ1) is 15.5. The molecule has 1 aromatic heterocycles. The standard InChI is InChI=1S/C10H16BrNO2S3/c1-3-15-7-6-8(2)12-17(13,14)10-5-4-9(11)16-10/h4-5,8,12H,3,6-7H2,1-2H3. The van der Waals surface area contributed by atoms with E-state index in [9.17, 15) is 8.42 Å². The van der Waals surface area contributed by atoms with Crippen molar-refractivity contribution in [2.45, 2.75) is 30.5 Å². The lowest BCUT2D eigenvalue weighted by molar-refractivity contribution is 0.559. The van der Waals surface area contributed by atoms with Crippen molar-refractivity contribution >= 4 is 49.1 Å². The number of hydrogen-bond acceptors (Lipinski definition) is 4. The molecule has 1 heterocycles. The van der Waals surface area contributed by atoms with Crippen molar-refractivity contribution in [2.75, 3.05) is 11.5 Å². The predicted octanol–water partition coefficient (Wildman–Crippen LogP) is 3.32. The Morgan fingerprint density at radius 3 is 2.76 bits per heavy atom. The van der Waals surface area contributed by atoms with Gasteiger partial charge in [0.2, 0.25) is 10.0 Å². The number of thiophene rings is 1. The molecule has 0 saturated carbocycles. The molecule has 0 saturated heterocycles. The highest BCUT2D eigenvalue weighted by atomic mass is 79.9. The zero-order chi connectivity index (χ0) is 12.9. The summed E-state index contributed by atoms with van der Waals surface area (Å²) in [4.78, 5) is 0. The minimum absolute atomic E-state index is 0.0278. The molecule has 0 aliphatic heterocycles. The van der Waals surface area contributed by atoms with Gasteiger partial charge in [-0.15, -0.1) is 11.3 Å². The lowest BCUT2D eigenvalue weighted by atomic mass is 10.3. The van der Waals surface area contributed by atoms with Gasteiger partial charge in [0.15, 0.2) is 0 Å². The van der Waals surface area contributed by atoms with E-state index in [4.69, 9.17) is 0 Å². The van der Waals surface area contributed by atoms with Crippen LogP contribution in [0.5, 0.6) is 0 Å². The molecule has 3 nitrogen and oxygen atoms in total. The van der Waals surface area contributed by atoms with Gasteiger partial charge in [0.1, 0.15) is 4.21 Å². The SMILES string of the molecule is CCSCCC(C)NS(=O)(=O)c1ccc(Br)s1. The molecule has 1 aromatic rings. The quantitative estimate of drug-likeness (QED) is 0.761. The Morgan fingerprint density at radius 2 is 2.24 bits per heavy atom. The van der Waals surface area contributed by atoms with Crippen molar-refractivity contribution < 1.29 is 8.42 Å². The summed E-state index contributed by atoms with van der Waals surface area (Å²) >= 11 is 6.31. The number of sulfonamides is 1. The Morgan fingerprint density at radius 1 is 1.53 bits per heavy atom. The lowest BCUT2D eigenvalue weighted by Crippen LogP contribution is -2.32. The Bertz CT molecular complexity index is 444. The van der Waals surface area contributed by atoms with Gasteiger partial charge in [-0.25, -0.2) is 13.1 Å². The van der Waals surface area contributed by atoms with E-state index < -0.39 is 10.0 Å². The fourth-order valence-electron chi connectivity index (χ4n) is 1.23. The van der Waals surface area contributed by atoms with Crippen molar-refractivity contribution in [3.05, 3.63) is 15.9 Å². The average molecular weight is 358 g/mol. The molecule has 1 N–H and O–H groups in total. The van der Waals surface area contributed by atoms with E-state index in [0.717, 1.165) is 21.7 Å². The largest absolute Gasteiger partial charge is 0.250 e. The van der Waals surface area contributed by atoms with E-state index in [0.29, 0.717) is 4.21 Å². The molecule has 0 aromatic carbocycles. The topological polar surface area (TPSA) is 46.2 Å². The fraction of sp³-hybridized carbons (Fsp3) is 0.600. The van der Waals surface area contributed by atoms with Crippen LogP contribution in [0.15, 0.2) is 20.1 Å². The summed E-state index contributed by atoms with van der Waals surface area (Å²) in [5.41, 5.74) is 0. The highest BCUT2D eigenvalue weighted by molar-refractivity contribution is 9.11. The number of halogens is 1. The van der Waals surface area contributed by atoms with E-state index in [1.54, 1.807) is 12.1 Å². The zero-order valence-electron chi connectivity index (χ0n) is 9.77. The molecule has 17 heavy (non-hydrogen) atoms. The molecule has 0 fully saturated rings. The predicted molar refractivity (Wildman–Crippen MR) is 79.4 cm³/mol. The normalized spacial score (nSPS) is 13.8. The Hall–Kier alpha value is 0.440. The van der Waals surface area contributed by atoms with Crippen LogP contribution < -0.4 is 4.72 Å². The maximum absolute atomic E-state index is 12.0. The second-order valence-electron chi connectivity index (χ2n) is 3.57. The summed E-state index contributed by atoms with van der Waals surface area (Å²) in [6.45, 7) is 4.00. The second-order valence-corrected chi connectivity index (χ2v) is 9.36. The van der Waals surface area contributed by atoms with Crippen molar-refractivity contribution in [3.8, 4) is 0 Å². The molecule has 0 aliphatic carbocycles. The van der Waals surface area contributed by atoms with E-state index in [1.165, 1.54) is 11.3 Å². The molecule has 1 rings (SSSR count). The molecule has 0 radical (unpaired) electrons. The van der Waals surface area contributed by atoms with E-state index in [1.807, 2.05) is 18.7 Å². The van der Waals surface area contributed by atoms with Gasteiger partial charge in [-0.05, 0) is 52.9 Å². The first-order chi connectivity index (χ1) is 7.95. The molecule has 0 bridgehead atoms. The van der Waals surface area contributed by atoms with Crippen molar-refractivity contribution in [1.29, 1.82) is 0 Å². The van der Waals surface area contributed by atoms with Crippen LogP contribution in [0.25, 0.3) is 0 Å². The summed E-state index contributed by atoms with van der Waals surface area (Å²) in [6.07, 6.45) is 0.851. The monoisotopic (exact) mass is 357 g/mol. The smallest absolute Gasteiger partial charge is 0.208 e. The number of rotatable bonds is 7. The van der Waals surface area contributed by atoms with Crippen LogP contribution in [0.4, 0.5) is 0 Å². The molecule has 1 unspecified atom stereocenters. The Kier molecular flexibility index (Phi) is 6.50. The van der Waals surface area contributed by atoms with Crippen LogP contribution in [0.1, 0.15) is 20.3 Å². The van der Waals surface area contributed by atoms with E-state index in [-0.39, 0.29) is 6.04 Å². The number of thioether (sulfide) groups is 1. The summed E-state index contributed by atoms with van der Waals surface area (Å²) < 4.78 is 27.8. The molecule has 0 aliphatic rings. The van der Waals surface area contributed by atoms with Crippen LogP contribution in [0.2, 0.25) is 0 Å². The second kappa shape index (κ2) is 7.13. The van der Waals surface area contributed by atoms with Gasteiger partial charge in [0, 0.05) is 6.04 Å². The minimum atomic E-state index is -3.35. The maximum atomic E-state index is 12.0. The molecule has 0 amide bonds. The van der Waals surface area contributed by atoms with Gasteiger partial charge in [-0.1, -0.05) is 6.92 Å². The molecular formula is C10H16BrNO2S3. The fourth-order valence-corrected chi connectivity index (χ4v) is 5.34. The summed E-state index contributed by atoms with van der Waals surface area (Å²) in [7, 11) is -3.35. The first-order valence-electron chi connectivity index (χ1n) is 5.31. The highest BCUT2D eigenvalue weighted by Gasteiger charge is 2.18. The van der Waals surface area contributed by atoms with Crippen molar-refractivity contribution in [1.82, 2.24) is 4.72 Å². The van der Waals surface area contributed by atoms with Crippen LogP contribution >= 0.6 is 39.0 Å². The Balaban J connectivity index is 2.55. The number of hydrogen-bond donors (Lipinski definition) is 1. The molecular weight excluding hydrogens is 342 g/mol. The van der Waals surface area contributed by atoms with Gasteiger partial charge in [-0.3, -0.25) is 0 Å². The summed E-state index contributed by atoms with van der Waals surface area (Å²) in [6, 6.07) is 3.33. The summed E-state index contributed by atoms with van der Waals surface area (Å²) in [5, 5.41) is 0. The van der Waals surface area contributed by atoms with Crippen LogP contribution in [0.3, 0.4) is 0 Å². The van der Waals surface area contributed by atoms with Crippen LogP contribution in [-0.4, -0.2) is 26.0 Å². The summed E-state index contributed by atoms with van der Waals surface area (Å²) in [5.74, 6) is 2.05. The molecule has 0 spiro atoms. The lowest BCUT2D eigenvalue weighted by Gasteiger charge is -2.12. The van der Waals surface area contributed by atoms with Gasteiger partial charge in [-0.2, -0.15) is 11.8 Å². The zero-order valence-corrected chi connectivity index (χ0v) is 13.8. The van der Waals surface area contributed by atoms with Crippen molar-refractivity contribution in [3.63, 3.8) is 0 Å². The van der Waals surface area contributed by atoms with Gasteiger partial charge >= 0.3 is 0 Å². The third kappa shape index (κ3) is 5.30. The first-order valence-corrected chi connectivity index (χ1v) is 9.56. The van der Waals surface area contributed by atoms with Crippen LogP contribution in [0, 0.1) is 0 Å². The molecule has 98 valence electrons. The van der Waals surface area contributed by atoms with E-state index >= 15 is 0 Å². The molecule has 7 heteroatoms. The highest BCUT2D eigenvalue weighted by Crippen LogP contribution is 2.26. The van der Waals surface area contributed by atoms with Gasteiger partial charge in [0.05, 0.1) is 3.79 Å².